The molecule has 1 aliphatic heterocycles. The Balaban J connectivity index is 1.90. The smallest absolute Gasteiger partial charge is 0.325 e. The van der Waals surface area contributed by atoms with E-state index in [1.54, 1.807) is 0 Å². The number of amides is 1. The Kier molecular flexibility index (Phi) is 5.12. The van der Waals surface area contributed by atoms with E-state index in [-0.39, 0.29) is 18.5 Å². The van der Waals surface area contributed by atoms with Crippen molar-refractivity contribution in [3.8, 4) is 0 Å². The van der Waals surface area contributed by atoms with E-state index in [1.807, 2.05) is 18.2 Å². The van der Waals surface area contributed by atoms with Crippen LogP contribution in [0.2, 0.25) is 0 Å². The molecule has 20 heavy (non-hydrogen) atoms. The van der Waals surface area contributed by atoms with E-state index >= 15 is 0 Å². The largest absolute Gasteiger partial charge is 0.468 e. The number of esters is 1. The summed E-state index contributed by atoms with van der Waals surface area (Å²) in [5.74, 6) is -0.519. The second-order valence-electron chi connectivity index (χ2n) is 4.91. The van der Waals surface area contributed by atoms with Crippen LogP contribution in [0.15, 0.2) is 30.3 Å². The number of ether oxygens (including phenoxy) is 1. The Morgan fingerprint density at radius 3 is 2.80 bits per heavy atom. The summed E-state index contributed by atoms with van der Waals surface area (Å²) in [5.41, 5.74) is 1.19. The van der Waals surface area contributed by atoms with Crippen LogP contribution in [0, 0.1) is 0 Å². The van der Waals surface area contributed by atoms with Crippen molar-refractivity contribution in [2.45, 2.75) is 25.4 Å². The first kappa shape index (κ1) is 14.5. The molecule has 5 heteroatoms. The summed E-state index contributed by atoms with van der Waals surface area (Å²) in [4.78, 5) is 25.3. The highest BCUT2D eigenvalue weighted by atomic mass is 16.5. The predicted molar refractivity (Wildman–Crippen MR) is 74.9 cm³/mol. The molecule has 1 unspecified atom stereocenters. The molecule has 1 aromatic rings. The van der Waals surface area contributed by atoms with Gasteiger partial charge in [0.1, 0.15) is 6.54 Å². The Hall–Kier alpha value is -1.88. The number of carbonyl (C=O) groups excluding carboxylic acids is 2. The van der Waals surface area contributed by atoms with E-state index < -0.39 is 5.97 Å². The average molecular weight is 276 g/mol. The van der Waals surface area contributed by atoms with E-state index in [9.17, 15) is 9.59 Å². The monoisotopic (exact) mass is 276 g/mol. The fourth-order valence-electron chi connectivity index (χ4n) is 2.48. The molecular formula is C15H20N2O3. The van der Waals surface area contributed by atoms with Crippen LogP contribution in [0.5, 0.6) is 0 Å². The van der Waals surface area contributed by atoms with Crippen molar-refractivity contribution in [2.24, 2.45) is 0 Å². The summed E-state index contributed by atoms with van der Waals surface area (Å²) in [6.07, 6.45) is 1.84. The number of likely N-dealkylation sites (tertiary alicyclic amines) is 1. The number of methoxy groups -OCH3 is 1. The van der Waals surface area contributed by atoms with Crippen LogP contribution >= 0.6 is 0 Å². The summed E-state index contributed by atoms with van der Waals surface area (Å²) in [7, 11) is 1.31. The number of benzene rings is 1. The number of hydrogen-bond donors (Lipinski definition) is 1. The molecule has 1 N–H and O–H groups in total. The third kappa shape index (κ3) is 3.81. The van der Waals surface area contributed by atoms with Gasteiger partial charge in [0.2, 0.25) is 5.91 Å². The zero-order valence-corrected chi connectivity index (χ0v) is 11.7. The summed E-state index contributed by atoms with van der Waals surface area (Å²) < 4.78 is 4.52. The third-order valence-electron chi connectivity index (χ3n) is 3.53. The molecule has 1 aliphatic rings. The molecule has 0 radical (unpaired) electrons. The lowest BCUT2D eigenvalue weighted by Gasteiger charge is -2.23. The molecule has 1 amide bonds. The number of carbonyl (C=O) groups is 2. The van der Waals surface area contributed by atoms with Crippen LogP contribution in [0.1, 0.15) is 18.4 Å². The third-order valence-corrected chi connectivity index (χ3v) is 3.53. The standard InChI is InChI=1S/C15H20N2O3/c1-20-14(18)10-16-15(19)13-8-5-9-17(13)11-12-6-3-2-4-7-12/h2-4,6-7,13H,5,8-11H2,1H3,(H,16,19). The molecule has 0 aliphatic carbocycles. The highest BCUT2D eigenvalue weighted by Crippen LogP contribution is 2.20. The fraction of sp³-hybridized carbons (Fsp3) is 0.467. The van der Waals surface area contributed by atoms with Gasteiger partial charge >= 0.3 is 5.97 Å². The van der Waals surface area contributed by atoms with Crippen LogP contribution in [-0.2, 0) is 20.9 Å². The molecule has 1 heterocycles. The van der Waals surface area contributed by atoms with Crippen molar-refractivity contribution >= 4 is 11.9 Å². The van der Waals surface area contributed by atoms with Crippen LogP contribution in [0.3, 0.4) is 0 Å². The average Bonchev–Trinajstić information content (AvgIpc) is 2.93. The molecule has 1 saturated heterocycles. The Morgan fingerprint density at radius 1 is 1.35 bits per heavy atom. The maximum Gasteiger partial charge on any atom is 0.325 e. The van der Waals surface area contributed by atoms with Gasteiger partial charge in [0, 0.05) is 6.54 Å². The van der Waals surface area contributed by atoms with Crippen molar-refractivity contribution in [1.29, 1.82) is 0 Å². The lowest BCUT2D eigenvalue weighted by Crippen LogP contribution is -2.44. The number of hydrogen-bond acceptors (Lipinski definition) is 4. The second kappa shape index (κ2) is 7.05. The lowest BCUT2D eigenvalue weighted by molar-refractivity contribution is -0.141. The summed E-state index contributed by atoms with van der Waals surface area (Å²) >= 11 is 0. The van der Waals surface area contributed by atoms with E-state index in [0.29, 0.717) is 0 Å². The molecular weight excluding hydrogens is 256 g/mol. The fourth-order valence-corrected chi connectivity index (χ4v) is 2.48. The SMILES string of the molecule is COC(=O)CNC(=O)C1CCCN1Cc1ccccc1. The minimum Gasteiger partial charge on any atom is -0.468 e. The van der Waals surface area contributed by atoms with Crippen LogP contribution < -0.4 is 5.32 Å². The highest BCUT2D eigenvalue weighted by molar-refractivity contribution is 5.85. The van der Waals surface area contributed by atoms with Crippen molar-refractivity contribution in [1.82, 2.24) is 10.2 Å². The van der Waals surface area contributed by atoms with Gasteiger partial charge in [0.25, 0.3) is 0 Å². The van der Waals surface area contributed by atoms with Gasteiger partial charge in [-0.15, -0.1) is 0 Å². The van der Waals surface area contributed by atoms with Crippen LogP contribution in [-0.4, -0.2) is 43.0 Å². The molecule has 0 saturated carbocycles. The molecule has 0 bridgehead atoms. The van der Waals surface area contributed by atoms with E-state index in [0.717, 1.165) is 25.9 Å². The quantitative estimate of drug-likeness (QED) is 0.813. The van der Waals surface area contributed by atoms with Crippen LogP contribution in [0.4, 0.5) is 0 Å². The van der Waals surface area contributed by atoms with Gasteiger partial charge in [0.05, 0.1) is 13.2 Å². The topological polar surface area (TPSA) is 58.6 Å². The van der Waals surface area contributed by atoms with E-state index in [2.05, 4.69) is 27.1 Å². The van der Waals surface area contributed by atoms with E-state index in [1.165, 1.54) is 12.7 Å². The number of nitrogens with one attached hydrogen (secondary N) is 1. The van der Waals surface area contributed by atoms with Crippen molar-refractivity contribution in [3.63, 3.8) is 0 Å². The van der Waals surface area contributed by atoms with Crippen molar-refractivity contribution in [2.75, 3.05) is 20.2 Å². The van der Waals surface area contributed by atoms with Crippen molar-refractivity contribution < 1.29 is 14.3 Å². The summed E-state index contributed by atoms with van der Waals surface area (Å²) in [5, 5.41) is 2.64. The first-order valence-electron chi connectivity index (χ1n) is 6.83. The summed E-state index contributed by atoms with van der Waals surface area (Å²) in [6, 6.07) is 9.94. The highest BCUT2D eigenvalue weighted by Gasteiger charge is 2.30. The maximum atomic E-state index is 12.1. The Labute approximate surface area is 118 Å². The number of rotatable bonds is 5. The van der Waals surface area contributed by atoms with Gasteiger partial charge in [-0.25, -0.2) is 0 Å². The van der Waals surface area contributed by atoms with E-state index in [4.69, 9.17) is 0 Å². The minimum atomic E-state index is -0.425. The van der Waals surface area contributed by atoms with Gasteiger partial charge < -0.3 is 10.1 Å². The minimum absolute atomic E-state index is 0.0645. The molecule has 5 nitrogen and oxygen atoms in total. The molecule has 1 aromatic carbocycles. The zero-order chi connectivity index (χ0) is 14.4. The number of nitrogens with zero attached hydrogens (tertiary/aromatic N) is 1. The summed E-state index contributed by atoms with van der Waals surface area (Å²) in [6.45, 7) is 1.60. The van der Waals surface area contributed by atoms with Gasteiger partial charge in [0.15, 0.2) is 0 Å². The molecule has 2 rings (SSSR count). The van der Waals surface area contributed by atoms with Gasteiger partial charge in [-0.2, -0.15) is 0 Å². The second-order valence-corrected chi connectivity index (χ2v) is 4.91. The van der Waals surface area contributed by atoms with Crippen molar-refractivity contribution in [3.05, 3.63) is 35.9 Å². The Morgan fingerprint density at radius 2 is 2.10 bits per heavy atom. The molecule has 108 valence electrons. The lowest BCUT2D eigenvalue weighted by atomic mass is 10.1. The first-order valence-corrected chi connectivity index (χ1v) is 6.83. The molecule has 1 fully saturated rings. The molecule has 0 aromatic heterocycles. The van der Waals surface area contributed by atoms with Crippen LogP contribution in [0.25, 0.3) is 0 Å². The van der Waals surface area contributed by atoms with Gasteiger partial charge in [-0.3, -0.25) is 14.5 Å². The Bertz CT molecular complexity index is 461. The first-order chi connectivity index (χ1) is 9.70. The predicted octanol–water partition coefficient (Wildman–Crippen LogP) is 0.940. The zero-order valence-electron chi connectivity index (χ0n) is 11.7. The molecule has 1 atom stereocenters. The molecule has 0 spiro atoms. The maximum absolute atomic E-state index is 12.1. The van der Waals surface area contributed by atoms with Gasteiger partial charge in [-0.1, -0.05) is 30.3 Å². The van der Waals surface area contributed by atoms with Gasteiger partial charge in [-0.05, 0) is 24.9 Å². The normalized spacial score (nSPS) is 18.8.